The second-order valence-electron chi connectivity index (χ2n) is 5.15. The van der Waals surface area contributed by atoms with Crippen LogP contribution in [0.5, 0.6) is 17.2 Å². The van der Waals surface area contributed by atoms with Gasteiger partial charge in [0.05, 0.1) is 0 Å². The van der Waals surface area contributed by atoms with Gasteiger partial charge in [0, 0.05) is 17.8 Å². The fourth-order valence-electron chi connectivity index (χ4n) is 2.00. The summed E-state index contributed by atoms with van der Waals surface area (Å²) in [6.45, 7) is -0.241. The smallest absolute Gasteiger partial charge is 0.471 e. The maximum Gasteiger partial charge on any atom is 0.471 e. The van der Waals surface area contributed by atoms with Gasteiger partial charge in [0.1, 0.15) is 0 Å². The molecule has 2 amide bonds. The SMILES string of the molecule is O=C(NCc1ccccc1NC(=O)C(F)(F)F)c1cc(O)c(O)c(O)c1. The highest BCUT2D eigenvalue weighted by atomic mass is 19.4. The molecule has 2 aromatic carbocycles. The summed E-state index contributed by atoms with van der Waals surface area (Å²) in [4.78, 5) is 23.1. The van der Waals surface area contributed by atoms with E-state index in [-0.39, 0.29) is 23.4 Å². The molecule has 0 aromatic heterocycles. The largest absolute Gasteiger partial charge is 0.504 e. The number of rotatable bonds is 4. The van der Waals surface area contributed by atoms with Crippen LogP contribution in [0.2, 0.25) is 0 Å². The number of phenolic OH excluding ortho intramolecular Hbond substituents is 3. The van der Waals surface area contributed by atoms with E-state index >= 15 is 0 Å². The number of carbonyl (C=O) groups is 2. The lowest BCUT2D eigenvalue weighted by atomic mass is 10.1. The Labute approximate surface area is 144 Å². The molecule has 2 aromatic rings. The van der Waals surface area contributed by atoms with Gasteiger partial charge in [0.25, 0.3) is 5.91 Å². The lowest BCUT2D eigenvalue weighted by molar-refractivity contribution is -0.167. The summed E-state index contributed by atoms with van der Waals surface area (Å²) < 4.78 is 37.1. The van der Waals surface area contributed by atoms with Gasteiger partial charge in [-0.1, -0.05) is 18.2 Å². The van der Waals surface area contributed by atoms with Gasteiger partial charge in [-0.15, -0.1) is 0 Å². The van der Waals surface area contributed by atoms with Crippen LogP contribution in [0.15, 0.2) is 36.4 Å². The summed E-state index contributed by atoms with van der Waals surface area (Å²) in [5.74, 6) is -5.14. The van der Waals surface area contributed by atoms with Crippen LogP contribution in [0.1, 0.15) is 15.9 Å². The minimum atomic E-state index is -5.06. The lowest BCUT2D eigenvalue weighted by Crippen LogP contribution is -2.31. The maximum absolute atomic E-state index is 12.4. The number of aromatic hydroxyl groups is 3. The first-order chi connectivity index (χ1) is 12.1. The number of halogens is 3. The Kier molecular flexibility index (Phi) is 5.24. The number of para-hydroxylation sites is 1. The lowest BCUT2D eigenvalue weighted by Gasteiger charge is -2.13. The normalized spacial score (nSPS) is 11.0. The van der Waals surface area contributed by atoms with E-state index in [0.717, 1.165) is 12.1 Å². The highest BCUT2D eigenvalue weighted by molar-refractivity contribution is 5.97. The molecule has 0 aliphatic carbocycles. The van der Waals surface area contributed by atoms with Crippen molar-refractivity contribution in [2.45, 2.75) is 12.7 Å². The summed E-state index contributed by atoms with van der Waals surface area (Å²) in [5.41, 5.74) is -0.119. The van der Waals surface area contributed by atoms with Crippen LogP contribution in [-0.2, 0) is 11.3 Å². The quantitative estimate of drug-likeness (QED) is 0.529. The number of hydrogen-bond donors (Lipinski definition) is 5. The van der Waals surface area contributed by atoms with E-state index < -0.39 is 35.2 Å². The Hall–Kier alpha value is -3.43. The van der Waals surface area contributed by atoms with Crippen molar-refractivity contribution in [1.82, 2.24) is 5.32 Å². The average Bonchev–Trinajstić information content (AvgIpc) is 2.57. The van der Waals surface area contributed by atoms with E-state index in [1.54, 1.807) is 5.32 Å². The molecule has 138 valence electrons. The zero-order chi connectivity index (χ0) is 19.5. The van der Waals surface area contributed by atoms with Gasteiger partial charge < -0.3 is 26.0 Å². The van der Waals surface area contributed by atoms with E-state index in [4.69, 9.17) is 0 Å². The molecular formula is C16H13F3N2O5. The molecule has 0 unspecified atom stereocenters. The summed E-state index contributed by atoms with van der Waals surface area (Å²) in [7, 11) is 0. The van der Waals surface area contributed by atoms with Gasteiger partial charge in [-0.05, 0) is 23.8 Å². The zero-order valence-corrected chi connectivity index (χ0v) is 13.0. The topological polar surface area (TPSA) is 119 Å². The maximum atomic E-state index is 12.4. The first kappa shape index (κ1) is 18.9. The standard InChI is InChI=1S/C16H13F3N2O5/c17-16(18,19)15(26)21-10-4-2-1-3-8(10)7-20-14(25)9-5-11(22)13(24)12(23)6-9/h1-6,22-24H,7H2,(H,20,25)(H,21,26). The molecule has 7 nitrogen and oxygen atoms in total. The Morgan fingerprint density at radius 1 is 1.00 bits per heavy atom. The molecule has 2 rings (SSSR count). The number of benzene rings is 2. The fourth-order valence-corrected chi connectivity index (χ4v) is 2.00. The minimum Gasteiger partial charge on any atom is -0.504 e. The first-order valence-electron chi connectivity index (χ1n) is 7.09. The molecule has 0 aliphatic heterocycles. The zero-order valence-electron chi connectivity index (χ0n) is 13.0. The Morgan fingerprint density at radius 2 is 1.58 bits per heavy atom. The summed E-state index contributed by atoms with van der Waals surface area (Å²) in [6.07, 6.45) is -5.06. The predicted molar refractivity (Wildman–Crippen MR) is 83.7 cm³/mol. The van der Waals surface area contributed by atoms with E-state index in [9.17, 15) is 38.1 Å². The van der Waals surface area contributed by atoms with Crippen LogP contribution in [-0.4, -0.2) is 33.3 Å². The van der Waals surface area contributed by atoms with Gasteiger partial charge in [-0.2, -0.15) is 13.2 Å². The van der Waals surface area contributed by atoms with Crippen molar-refractivity contribution in [2.75, 3.05) is 5.32 Å². The number of anilines is 1. The monoisotopic (exact) mass is 370 g/mol. The average molecular weight is 370 g/mol. The van der Waals surface area contributed by atoms with Crippen LogP contribution in [0, 0.1) is 0 Å². The minimum absolute atomic E-state index is 0.133. The van der Waals surface area contributed by atoms with E-state index in [2.05, 4.69) is 5.32 Å². The summed E-state index contributed by atoms with van der Waals surface area (Å²) in [5, 5.41) is 32.1. The number of nitrogens with one attached hydrogen (secondary N) is 2. The second-order valence-corrected chi connectivity index (χ2v) is 5.15. The number of carbonyl (C=O) groups excluding carboxylic acids is 2. The Balaban J connectivity index is 2.13. The second kappa shape index (κ2) is 7.21. The van der Waals surface area contributed by atoms with Crippen molar-refractivity contribution in [3.8, 4) is 17.2 Å². The highest BCUT2D eigenvalue weighted by Gasteiger charge is 2.38. The van der Waals surface area contributed by atoms with E-state index in [1.165, 1.54) is 24.3 Å². The van der Waals surface area contributed by atoms with Crippen LogP contribution < -0.4 is 10.6 Å². The molecule has 0 fully saturated rings. The number of hydrogen-bond acceptors (Lipinski definition) is 5. The summed E-state index contributed by atoms with van der Waals surface area (Å²) >= 11 is 0. The predicted octanol–water partition coefficient (Wildman–Crippen LogP) is 2.23. The third kappa shape index (κ3) is 4.35. The molecule has 0 saturated heterocycles. The third-order valence-corrected chi connectivity index (χ3v) is 3.29. The molecule has 10 heteroatoms. The molecule has 0 atom stereocenters. The van der Waals surface area contributed by atoms with Crippen molar-refractivity contribution >= 4 is 17.5 Å². The first-order valence-corrected chi connectivity index (χ1v) is 7.09. The van der Waals surface area contributed by atoms with Gasteiger partial charge >= 0.3 is 12.1 Å². The van der Waals surface area contributed by atoms with Gasteiger partial charge in [-0.25, -0.2) is 0 Å². The van der Waals surface area contributed by atoms with Crippen LogP contribution in [0.25, 0.3) is 0 Å². The van der Waals surface area contributed by atoms with Crippen molar-refractivity contribution in [2.24, 2.45) is 0 Å². The summed E-state index contributed by atoms with van der Waals surface area (Å²) in [6, 6.07) is 7.36. The van der Waals surface area contributed by atoms with Gasteiger partial charge in [-0.3, -0.25) is 9.59 Å². The highest BCUT2D eigenvalue weighted by Crippen LogP contribution is 2.35. The Morgan fingerprint density at radius 3 is 2.15 bits per heavy atom. The Bertz CT molecular complexity index is 829. The third-order valence-electron chi connectivity index (χ3n) is 3.29. The van der Waals surface area contributed by atoms with Crippen LogP contribution in [0.3, 0.4) is 0 Å². The molecule has 5 N–H and O–H groups in total. The number of amides is 2. The molecule has 26 heavy (non-hydrogen) atoms. The van der Waals surface area contributed by atoms with Gasteiger partial charge in [0.15, 0.2) is 17.2 Å². The van der Waals surface area contributed by atoms with E-state index in [0.29, 0.717) is 0 Å². The van der Waals surface area contributed by atoms with Crippen molar-refractivity contribution in [3.05, 3.63) is 47.5 Å². The van der Waals surface area contributed by atoms with Gasteiger partial charge in [0.2, 0.25) is 0 Å². The number of alkyl halides is 3. The molecule has 0 radical (unpaired) electrons. The molecule has 0 heterocycles. The van der Waals surface area contributed by atoms with Crippen molar-refractivity contribution in [1.29, 1.82) is 0 Å². The van der Waals surface area contributed by atoms with Crippen molar-refractivity contribution < 1.29 is 38.1 Å². The molecular weight excluding hydrogens is 357 g/mol. The fraction of sp³-hybridized carbons (Fsp3) is 0.125. The van der Waals surface area contributed by atoms with Crippen LogP contribution in [0.4, 0.5) is 18.9 Å². The molecule has 0 saturated carbocycles. The van der Waals surface area contributed by atoms with E-state index in [1.807, 2.05) is 0 Å². The number of phenols is 3. The van der Waals surface area contributed by atoms with Crippen molar-refractivity contribution in [3.63, 3.8) is 0 Å². The molecule has 0 bridgehead atoms. The van der Waals surface area contributed by atoms with Crippen LogP contribution >= 0.6 is 0 Å². The molecule has 0 aliphatic rings. The molecule has 0 spiro atoms.